The van der Waals surface area contributed by atoms with Crippen LogP contribution in [0.2, 0.25) is 5.02 Å². The Morgan fingerprint density at radius 2 is 1.85 bits per heavy atom. The van der Waals surface area contributed by atoms with Gasteiger partial charge in [0.2, 0.25) is 5.91 Å². The monoisotopic (exact) mass is 402 g/mol. The van der Waals surface area contributed by atoms with E-state index in [2.05, 4.69) is 10.2 Å². The fourth-order valence-corrected chi connectivity index (χ4v) is 3.55. The summed E-state index contributed by atoms with van der Waals surface area (Å²) in [5.41, 5.74) is 1.63. The van der Waals surface area contributed by atoms with E-state index in [1.54, 1.807) is 26.1 Å². The quantitative estimate of drug-likeness (QED) is 0.587. The molecule has 0 aliphatic rings. The molecule has 0 bridgehead atoms. The molecule has 1 aromatic heterocycles. The third-order valence-electron chi connectivity index (χ3n) is 3.90. The summed E-state index contributed by atoms with van der Waals surface area (Å²) in [6.07, 6.45) is 0. The minimum atomic E-state index is 0.00331. The van der Waals surface area contributed by atoms with E-state index in [9.17, 15) is 4.79 Å². The molecule has 3 rings (SSSR count). The van der Waals surface area contributed by atoms with E-state index >= 15 is 0 Å². The third-order valence-corrected chi connectivity index (χ3v) is 5.15. The zero-order chi connectivity index (χ0) is 19.4. The van der Waals surface area contributed by atoms with E-state index in [0.717, 1.165) is 17.0 Å². The average molecular weight is 403 g/mol. The summed E-state index contributed by atoms with van der Waals surface area (Å²) in [6, 6.07) is 15.0. The summed E-state index contributed by atoms with van der Waals surface area (Å²) in [6.45, 7) is 0. The summed E-state index contributed by atoms with van der Waals surface area (Å²) >= 11 is 7.71. The van der Waals surface area contributed by atoms with Gasteiger partial charge in [-0.05, 0) is 36.4 Å². The molecule has 1 amide bonds. The van der Waals surface area contributed by atoms with Gasteiger partial charge < -0.3 is 9.64 Å². The molecule has 140 valence electrons. The first-order chi connectivity index (χ1) is 13.0. The van der Waals surface area contributed by atoms with Crippen LogP contribution in [0.5, 0.6) is 5.75 Å². The van der Waals surface area contributed by atoms with Gasteiger partial charge in [0.05, 0.1) is 17.9 Å². The van der Waals surface area contributed by atoms with E-state index in [4.69, 9.17) is 16.3 Å². The second-order valence-electron chi connectivity index (χ2n) is 5.90. The second-order valence-corrected chi connectivity index (χ2v) is 7.25. The van der Waals surface area contributed by atoms with Gasteiger partial charge in [-0.3, -0.25) is 9.36 Å². The van der Waals surface area contributed by atoms with Crippen LogP contribution < -0.4 is 4.74 Å². The molecule has 0 saturated heterocycles. The zero-order valence-electron chi connectivity index (χ0n) is 15.2. The van der Waals surface area contributed by atoms with Gasteiger partial charge in [-0.2, -0.15) is 0 Å². The van der Waals surface area contributed by atoms with Gasteiger partial charge >= 0.3 is 0 Å². The van der Waals surface area contributed by atoms with Crippen molar-refractivity contribution in [1.82, 2.24) is 19.7 Å². The number of nitrogens with zero attached hydrogens (tertiary/aromatic N) is 4. The maximum absolute atomic E-state index is 12.0. The fourth-order valence-electron chi connectivity index (χ4n) is 2.40. The lowest BCUT2D eigenvalue weighted by Crippen LogP contribution is -2.23. The van der Waals surface area contributed by atoms with Gasteiger partial charge in [0, 0.05) is 25.3 Å². The van der Waals surface area contributed by atoms with Crippen LogP contribution in [0, 0.1) is 0 Å². The highest BCUT2D eigenvalue weighted by Crippen LogP contribution is 2.32. The highest BCUT2D eigenvalue weighted by atomic mass is 35.5. The normalized spacial score (nSPS) is 10.7. The maximum Gasteiger partial charge on any atom is 0.232 e. The summed E-state index contributed by atoms with van der Waals surface area (Å²) in [5, 5.41) is 9.84. The van der Waals surface area contributed by atoms with Crippen LogP contribution in [0.25, 0.3) is 17.1 Å². The Hall–Kier alpha value is -2.51. The number of hydrogen-bond acceptors (Lipinski definition) is 5. The largest absolute Gasteiger partial charge is 0.497 e. The van der Waals surface area contributed by atoms with Crippen LogP contribution in [-0.4, -0.2) is 52.5 Å². The molecule has 3 aromatic rings. The summed E-state index contributed by atoms with van der Waals surface area (Å²) in [5.74, 6) is 1.64. The van der Waals surface area contributed by atoms with Crippen molar-refractivity contribution in [2.45, 2.75) is 5.16 Å². The van der Waals surface area contributed by atoms with Crippen LogP contribution in [0.3, 0.4) is 0 Å². The molecule has 0 N–H and O–H groups in total. The number of halogens is 1. The Balaban J connectivity index is 2.06. The van der Waals surface area contributed by atoms with E-state index in [0.29, 0.717) is 16.0 Å². The number of thioether (sulfide) groups is 1. The lowest BCUT2D eigenvalue weighted by Gasteiger charge is -2.13. The topological polar surface area (TPSA) is 60.2 Å². The number of amides is 1. The number of carbonyl (C=O) groups excluding carboxylic acids is 1. The lowest BCUT2D eigenvalue weighted by atomic mass is 10.2. The molecule has 0 atom stereocenters. The summed E-state index contributed by atoms with van der Waals surface area (Å²) < 4.78 is 7.14. The molecule has 0 aliphatic heterocycles. The molecular weight excluding hydrogens is 384 g/mol. The first kappa shape index (κ1) is 19.3. The van der Waals surface area contributed by atoms with Crippen molar-refractivity contribution >= 4 is 29.3 Å². The predicted molar refractivity (Wildman–Crippen MR) is 108 cm³/mol. The highest BCUT2D eigenvalue weighted by Gasteiger charge is 2.19. The predicted octanol–water partition coefficient (Wildman–Crippen LogP) is 3.78. The second kappa shape index (κ2) is 8.45. The smallest absolute Gasteiger partial charge is 0.232 e. The molecule has 2 aromatic carbocycles. The molecule has 0 fully saturated rings. The molecular formula is C19H19ClN4O2S. The van der Waals surface area contributed by atoms with Crippen molar-refractivity contribution in [3.63, 3.8) is 0 Å². The Morgan fingerprint density at radius 1 is 1.15 bits per heavy atom. The van der Waals surface area contributed by atoms with Crippen LogP contribution in [0.15, 0.2) is 53.7 Å². The SMILES string of the molecule is COc1ccc(-n2c(SCC(=O)N(C)C)nnc2-c2ccccc2Cl)cc1. The van der Waals surface area contributed by atoms with Crippen molar-refractivity contribution in [2.75, 3.05) is 27.0 Å². The van der Waals surface area contributed by atoms with E-state index in [1.807, 2.05) is 53.1 Å². The standard InChI is InChI=1S/C19H19ClN4O2S/c1-23(2)17(25)12-27-19-22-21-18(15-6-4-5-7-16(15)20)24(19)13-8-10-14(26-3)11-9-13/h4-11H,12H2,1-3H3. The Kier molecular flexibility index (Phi) is 6.03. The number of aromatic nitrogens is 3. The third kappa shape index (κ3) is 4.26. The highest BCUT2D eigenvalue weighted by molar-refractivity contribution is 7.99. The first-order valence-electron chi connectivity index (χ1n) is 8.19. The van der Waals surface area contributed by atoms with Crippen LogP contribution in [0.4, 0.5) is 0 Å². The average Bonchev–Trinajstić information content (AvgIpc) is 3.10. The number of ether oxygens (including phenoxy) is 1. The molecule has 0 radical (unpaired) electrons. The Bertz CT molecular complexity index is 941. The zero-order valence-corrected chi connectivity index (χ0v) is 16.8. The van der Waals surface area contributed by atoms with Gasteiger partial charge in [0.1, 0.15) is 5.75 Å². The lowest BCUT2D eigenvalue weighted by molar-refractivity contribution is -0.125. The molecule has 0 saturated carbocycles. The molecule has 6 nitrogen and oxygen atoms in total. The number of rotatable bonds is 6. The summed E-state index contributed by atoms with van der Waals surface area (Å²) in [7, 11) is 5.08. The van der Waals surface area contributed by atoms with Crippen LogP contribution in [0.1, 0.15) is 0 Å². The molecule has 0 spiro atoms. The minimum absolute atomic E-state index is 0.00331. The maximum atomic E-state index is 12.0. The number of carbonyl (C=O) groups is 1. The molecule has 1 heterocycles. The van der Waals surface area contributed by atoms with E-state index in [-0.39, 0.29) is 11.7 Å². The van der Waals surface area contributed by atoms with Gasteiger partial charge in [0.15, 0.2) is 11.0 Å². The van der Waals surface area contributed by atoms with Crippen molar-refractivity contribution in [1.29, 1.82) is 0 Å². The Labute approximate surface area is 167 Å². The van der Waals surface area contributed by atoms with E-state index in [1.165, 1.54) is 11.8 Å². The van der Waals surface area contributed by atoms with Gasteiger partial charge in [-0.25, -0.2) is 0 Å². The van der Waals surface area contributed by atoms with Crippen molar-refractivity contribution in [3.8, 4) is 22.8 Å². The van der Waals surface area contributed by atoms with Crippen molar-refractivity contribution in [3.05, 3.63) is 53.6 Å². The van der Waals surface area contributed by atoms with E-state index < -0.39 is 0 Å². The van der Waals surface area contributed by atoms with Gasteiger partial charge in [0.25, 0.3) is 0 Å². The number of hydrogen-bond donors (Lipinski definition) is 0. The molecule has 27 heavy (non-hydrogen) atoms. The van der Waals surface area contributed by atoms with Gasteiger partial charge in [-0.1, -0.05) is 35.5 Å². The molecule has 0 unspecified atom stereocenters. The Morgan fingerprint density at radius 3 is 2.48 bits per heavy atom. The fraction of sp³-hybridized carbons (Fsp3) is 0.211. The number of benzene rings is 2. The molecule has 8 heteroatoms. The minimum Gasteiger partial charge on any atom is -0.497 e. The van der Waals surface area contributed by atoms with Crippen molar-refractivity contribution < 1.29 is 9.53 Å². The first-order valence-corrected chi connectivity index (χ1v) is 9.55. The van der Waals surface area contributed by atoms with Crippen molar-refractivity contribution in [2.24, 2.45) is 0 Å². The van der Waals surface area contributed by atoms with Crippen LogP contribution >= 0.6 is 23.4 Å². The number of methoxy groups -OCH3 is 1. The molecule has 0 aliphatic carbocycles. The van der Waals surface area contributed by atoms with Gasteiger partial charge in [-0.15, -0.1) is 10.2 Å². The summed E-state index contributed by atoms with van der Waals surface area (Å²) in [4.78, 5) is 13.5. The van der Waals surface area contributed by atoms with Crippen LogP contribution in [-0.2, 0) is 4.79 Å².